The molecule has 0 saturated carbocycles. The first-order valence-corrected chi connectivity index (χ1v) is 6.18. The smallest absolute Gasteiger partial charge is 0.125 e. The van der Waals surface area contributed by atoms with Crippen LogP contribution in [0.3, 0.4) is 0 Å². The van der Waals surface area contributed by atoms with Gasteiger partial charge in [-0.1, -0.05) is 20.3 Å². The summed E-state index contributed by atoms with van der Waals surface area (Å²) in [5.41, 5.74) is 0.837. The van der Waals surface area contributed by atoms with Crippen molar-refractivity contribution in [1.82, 2.24) is 0 Å². The molecule has 0 bridgehead atoms. The van der Waals surface area contributed by atoms with Gasteiger partial charge in [0.25, 0.3) is 0 Å². The maximum absolute atomic E-state index is 10.2. The zero-order chi connectivity index (χ0) is 12.4. The SMILES string of the molecule is CCC(C)C1CC(O)c2cc(OC)ccc2O1. The molecule has 17 heavy (non-hydrogen) atoms. The van der Waals surface area contributed by atoms with Crippen LogP contribution in [-0.2, 0) is 0 Å². The van der Waals surface area contributed by atoms with E-state index in [0.717, 1.165) is 23.5 Å². The Bertz CT molecular complexity index is 389. The van der Waals surface area contributed by atoms with Gasteiger partial charge >= 0.3 is 0 Å². The van der Waals surface area contributed by atoms with Gasteiger partial charge in [-0.3, -0.25) is 0 Å². The molecule has 3 unspecified atom stereocenters. The number of methoxy groups -OCH3 is 1. The van der Waals surface area contributed by atoms with Gasteiger partial charge in [0.2, 0.25) is 0 Å². The molecule has 1 aromatic rings. The summed E-state index contributed by atoms with van der Waals surface area (Å²) in [5.74, 6) is 2.00. The maximum atomic E-state index is 10.2. The van der Waals surface area contributed by atoms with Crippen molar-refractivity contribution in [2.24, 2.45) is 5.92 Å². The molecular formula is C14H20O3. The molecule has 0 aromatic heterocycles. The molecule has 0 amide bonds. The quantitative estimate of drug-likeness (QED) is 0.877. The van der Waals surface area contributed by atoms with Gasteiger partial charge in [-0.2, -0.15) is 0 Å². The third kappa shape index (κ3) is 2.39. The number of hydrogen-bond acceptors (Lipinski definition) is 3. The first kappa shape index (κ1) is 12.2. The Balaban J connectivity index is 2.25. The Hall–Kier alpha value is -1.22. The minimum Gasteiger partial charge on any atom is -0.497 e. The Morgan fingerprint density at radius 1 is 1.53 bits per heavy atom. The molecule has 0 radical (unpaired) electrons. The molecule has 1 aliphatic rings. The van der Waals surface area contributed by atoms with E-state index in [-0.39, 0.29) is 6.10 Å². The fourth-order valence-electron chi connectivity index (χ4n) is 2.19. The van der Waals surface area contributed by atoms with E-state index in [1.54, 1.807) is 7.11 Å². The van der Waals surface area contributed by atoms with Gasteiger partial charge in [0.1, 0.15) is 17.6 Å². The summed E-state index contributed by atoms with van der Waals surface area (Å²) in [6.07, 6.45) is 1.38. The van der Waals surface area contributed by atoms with E-state index in [4.69, 9.17) is 9.47 Å². The number of benzene rings is 1. The second kappa shape index (κ2) is 4.96. The number of aliphatic hydroxyl groups excluding tert-OH is 1. The van der Waals surface area contributed by atoms with Gasteiger partial charge in [0, 0.05) is 12.0 Å². The lowest BCUT2D eigenvalue weighted by atomic mass is 9.91. The molecular weight excluding hydrogens is 216 g/mol. The van der Waals surface area contributed by atoms with E-state index in [0.29, 0.717) is 12.3 Å². The summed E-state index contributed by atoms with van der Waals surface area (Å²) in [7, 11) is 1.62. The molecule has 2 rings (SSSR count). The summed E-state index contributed by atoms with van der Waals surface area (Å²) >= 11 is 0. The molecule has 1 aliphatic heterocycles. The van der Waals surface area contributed by atoms with Crippen LogP contribution in [-0.4, -0.2) is 18.3 Å². The van der Waals surface area contributed by atoms with Gasteiger partial charge in [0.15, 0.2) is 0 Å². The molecule has 3 heteroatoms. The largest absolute Gasteiger partial charge is 0.497 e. The van der Waals surface area contributed by atoms with Gasteiger partial charge in [-0.05, 0) is 24.1 Å². The van der Waals surface area contributed by atoms with Crippen molar-refractivity contribution in [3.8, 4) is 11.5 Å². The average molecular weight is 236 g/mol. The topological polar surface area (TPSA) is 38.7 Å². The van der Waals surface area contributed by atoms with Crippen LogP contribution in [0.5, 0.6) is 11.5 Å². The van der Waals surface area contributed by atoms with E-state index in [1.807, 2.05) is 18.2 Å². The highest BCUT2D eigenvalue weighted by Gasteiger charge is 2.30. The summed E-state index contributed by atoms with van der Waals surface area (Å²) in [4.78, 5) is 0. The fraction of sp³-hybridized carbons (Fsp3) is 0.571. The van der Waals surface area contributed by atoms with Crippen molar-refractivity contribution in [2.45, 2.75) is 38.9 Å². The van der Waals surface area contributed by atoms with Crippen molar-refractivity contribution < 1.29 is 14.6 Å². The molecule has 0 aliphatic carbocycles. The van der Waals surface area contributed by atoms with E-state index >= 15 is 0 Å². The summed E-state index contributed by atoms with van der Waals surface area (Å²) < 4.78 is 11.1. The highest BCUT2D eigenvalue weighted by atomic mass is 16.5. The Morgan fingerprint density at radius 2 is 2.29 bits per heavy atom. The number of fused-ring (bicyclic) bond motifs is 1. The number of aliphatic hydroxyl groups is 1. The van der Waals surface area contributed by atoms with Gasteiger partial charge in [-0.15, -0.1) is 0 Å². The van der Waals surface area contributed by atoms with Crippen molar-refractivity contribution in [1.29, 1.82) is 0 Å². The van der Waals surface area contributed by atoms with Gasteiger partial charge in [0.05, 0.1) is 13.2 Å². The third-order valence-electron chi connectivity index (χ3n) is 3.59. The molecule has 0 saturated heterocycles. The van der Waals surface area contributed by atoms with Gasteiger partial charge < -0.3 is 14.6 Å². The first-order valence-electron chi connectivity index (χ1n) is 6.18. The molecule has 0 fully saturated rings. The van der Waals surface area contributed by atoms with E-state index < -0.39 is 6.10 Å². The van der Waals surface area contributed by atoms with Crippen LogP contribution in [0.1, 0.15) is 38.4 Å². The Labute approximate surface area is 102 Å². The molecule has 94 valence electrons. The molecule has 3 nitrogen and oxygen atoms in total. The van der Waals surface area contributed by atoms with Crippen LogP contribution in [0, 0.1) is 5.92 Å². The summed E-state index contributed by atoms with van der Waals surface area (Å²) in [6, 6.07) is 5.60. The molecule has 1 heterocycles. The second-order valence-electron chi connectivity index (χ2n) is 4.70. The van der Waals surface area contributed by atoms with Gasteiger partial charge in [-0.25, -0.2) is 0 Å². The monoisotopic (exact) mass is 236 g/mol. The summed E-state index contributed by atoms with van der Waals surface area (Å²) in [5, 5.41) is 10.2. The number of ether oxygens (including phenoxy) is 2. The lowest BCUT2D eigenvalue weighted by molar-refractivity contribution is 0.0373. The lowest BCUT2D eigenvalue weighted by Crippen LogP contribution is -2.31. The van der Waals surface area contributed by atoms with Crippen molar-refractivity contribution >= 4 is 0 Å². The zero-order valence-corrected chi connectivity index (χ0v) is 10.6. The van der Waals surface area contributed by atoms with E-state index in [9.17, 15) is 5.11 Å². The molecule has 1 N–H and O–H groups in total. The molecule has 0 spiro atoms. The molecule has 3 atom stereocenters. The van der Waals surface area contributed by atoms with Crippen LogP contribution in [0.4, 0.5) is 0 Å². The van der Waals surface area contributed by atoms with Crippen molar-refractivity contribution in [3.63, 3.8) is 0 Å². The Kier molecular flexibility index (Phi) is 3.57. The zero-order valence-electron chi connectivity index (χ0n) is 10.6. The summed E-state index contributed by atoms with van der Waals surface area (Å²) in [6.45, 7) is 4.30. The average Bonchev–Trinajstić information content (AvgIpc) is 2.37. The first-order chi connectivity index (χ1) is 8.15. The van der Waals surface area contributed by atoms with E-state index in [1.165, 1.54) is 0 Å². The van der Waals surface area contributed by atoms with Crippen LogP contribution in [0.2, 0.25) is 0 Å². The normalized spacial score (nSPS) is 24.7. The predicted molar refractivity (Wildman–Crippen MR) is 66.4 cm³/mol. The van der Waals surface area contributed by atoms with Crippen LogP contribution < -0.4 is 9.47 Å². The minimum absolute atomic E-state index is 0.107. The highest BCUT2D eigenvalue weighted by molar-refractivity contribution is 5.43. The van der Waals surface area contributed by atoms with Crippen molar-refractivity contribution in [2.75, 3.05) is 7.11 Å². The van der Waals surface area contributed by atoms with Crippen LogP contribution >= 0.6 is 0 Å². The van der Waals surface area contributed by atoms with E-state index in [2.05, 4.69) is 13.8 Å². The predicted octanol–water partition coefficient (Wildman–Crippen LogP) is 2.93. The minimum atomic E-state index is -0.451. The van der Waals surface area contributed by atoms with Crippen molar-refractivity contribution in [3.05, 3.63) is 23.8 Å². The second-order valence-corrected chi connectivity index (χ2v) is 4.70. The standard InChI is InChI=1S/C14H20O3/c1-4-9(2)14-8-12(15)11-7-10(16-3)5-6-13(11)17-14/h5-7,9,12,14-15H,4,8H2,1-3H3. The number of hydrogen-bond donors (Lipinski definition) is 1. The Morgan fingerprint density at radius 3 is 2.94 bits per heavy atom. The van der Waals surface area contributed by atoms with Crippen LogP contribution in [0.15, 0.2) is 18.2 Å². The van der Waals surface area contributed by atoms with Crippen LogP contribution in [0.25, 0.3) is 0 Å². The maximum Gasteiger partial charge on any atom is 0.125 e. The third-order valence-corrected chi connectivity index (χ3v) is 3.59. The molecule has 1 aromatic carbocycles. The number of rotatable bonds is 3. The lowest BCUT2D eigenvalue weighted by Gasteiger charge is -2.33. The highest BCUT2D eigenvalue weighted by Crippen LogP contribution is 2.39. The fourth-order valence-corrected chi connectivity index (χ4v) is 2.19.